The summed E-state index contributed by atoms with van der Waals surface area (Å²) in [6, 6.07) is 5.60. The fourth-order valence-corrected chi connectivity index (χ4v) is 2.05. The van der Waals surface area contributed by atoms with Crippen LogP contribution < -0.4 is 10.6 Å². The molecular formula is C10H12BrIN2O. The lowest BCUT2D eigenvalue weighted by Gasteiger charge is -2.07. The summed E-state index contributed by atoms with van der Waals surface area (Å²) in [5.74, 6) is -0.0315. The molecule has 5 heteroatoms. The monoisotopic (exact) mass is 382 g/mol. The summed E-state index contributed by atoms with van der Waals surface area (Å²) >= 11 is 5.55. The molecule has 3 nitrogen and oxygen atoms in total. The molecule has 0 fully saturated rings. The summed E-state index contributed by atoms with van der Waals surface area (Å²) in [4.78, 5) is 11.7. The van der Waals surface area contributed by atoms with Crippen LogP contribution in [0.1, 0.15) is 10.4 Å². The topological polar surface area (TPSA) is 41.1 Å². The van der Waals surface area contributed by atoms with E-state index in [1.165, 1.54) is 0 Å². The molecule has 1 amide bonds. The van der Waals surface area contributed by atoms with E-state index in [1.54, 1.807) is 0 Å². The van der Waals surface area contributed by atoms with E-state index < -0.39 is 0 Å². The van der Waals surface area contributed by atoms with Crippen LogP contribution in [0.5, 0.6) is 0 Å². The van der Waals surface area contributed by atoms with Gasteiger partial charge in [0.25, 0.3) is 5.91 Å². The number of hydrogen-bond donors (Lipinski definition) is 2. The molecule has 0 saturated carbocycles. The van der Waals surface area contributed by atoms with E-state index in [0.29, 0.717) is 12.1 Å². The van der Waals surface area contributed by atoms with Crippen LogP contribution in [-0.2, 0) is 0 Å². The van der Waals surface area contributed by atoms with Crippen LogP contribution in [0.25, 0.3) is 0 Å². The van der Waals surface area contributed by atoms with Gasteiger partial charge in [-0.3, -0.25) is 4.79 Å². The predicted molar refractivity (Wildman–Crippen MR) is 73.1 cm³/mol. The summed E-state index contributed by atoms with van der Waals surface area (Å²) in [6.45, 7) is 1.41. The quantitative estimate of drug-likeness (QED) is 0.617. The van der Waals surface area contributed by atoms with Crippen molar-refractivity contribution in [2.24, 2.45) is 0 Å². The lowest BCUT2D eigenvalue weighted by molar-refractivity contribution is 0.0953. The van der Waals surface area contributed by atoms with Crippen molar-refractivity contribution in [2.75, 3.05) is 20.1 Å². The largest absolute Gasteiger partial charge is 0.351 e. The van der Waals surface area contributed by atoms with E-state index in [1.807, 2.05) is 25.2 Å². The number of nitrogens with one attached hydrogen (secondary N) is 2. The number of halogens is 2. The molecule has 1 aromatic rings. The summed E-state index contributed by atoms with van der Waals surface area (Å²) in [5.41, 5.74) is 0.709. The molecule has 15 heavy (non-hydrogen) atoms. The minimum absolute atomic E-state index is 0.0315. The van der Waals surface area contributed by atoms with E-state index in [2.05, 4.69) is 49.2 Å². The van der Waals surface area contributed by atoms with Crippen molar-refractivity contribution in [3.05, 3.63) is 31.8 Å². The summed E-state index contributed by atoms with van der Waals surface area (Å²) in [6.07, 6.45) is 0. The lowest BCUT2D eigenvalue weighted by atomic mass is 10.2. The molecule has 0 aliphatic heterocycles. The average molecular weight is 383 g/mol. The van der Waals surface area contributed by atoms with Crippen molar-refractivity contribution in [1.29, 1.82) is 0 Å². The van der Waals surface area contributed by atoms with Crippen molar-refractivity contribution < 1.29 is 4.79 Å². The third-order valence-corrected chi connectivity index (χ3v) is 4.42. The fourth-order valence-electron chi connectivity index (χ4n) is 1.08. The van der Waals surface area contributed by atoms with Crippen LogP contribution in [0.3, 0.4) is 0 Å². The van der Waals surface area contributed by atoms with Crippen molar-refractivity contribution >= 4 is 44.4 Å². The Labute approximate surface area is 111 Å². The molecule has 0 aliphatic rings. The molecule has 0 radical (unpaired) electrons. The normalized spacial score (nSPS) is 10.1. The van der Waals surface area contributed by atoms with Gasteiger partial charge in [-0.1, -0.05) is 6.07 Å². The van der Waals surface area contributed by atoms with Gasteiger partial charge in [0.1, 0.15) is 0 Å². The van der Waals surface area contributed by atoms with Gasteiger partial charge in [0.15, 0.2) is 0 Å². The highest BCUT2D eigenvalue weighted by Crippen LogP contribution is 2.22. The van der Waals surface area contributed by atoms with Gasteiger partial charge < -0.3 is 10.6 Å². The second-order valence-corrected chi connectivity index (χ2v) is 4.89. The minimum Gasteiger partial charge on any atom is -0.351 e. The Kier molecular flexibility index (Phi) is 5.55. The first-order valence-corrected chi connectivity index (χ1v) is 6.40. The molecule has 82 valence electrons. The number of amides is 1. The van der Waals surface area contributed by atoms with Gasteiger partial charge in [0.05, 0.1) is 5.56 Å². The Balaban J connectivity index is 2.69. The molecule has 0 bridgehead atoms. The van der Waals surface area contributed by atoms with Gasteiger partial charge in [-0.15, -0.1) is 0 Å². The molecular weight excluding hydrogens is 371 g/mol. The molecule has 1 aromatic carbocycles. The van der Waals surface area contributed by atoms with E-state index in [-0.39, 0.29) is 5.91 Å². The summed E-state index contributed by atoms with van der Waals surface area (Å²) < 4.78 is 1.89. The van der Waals surface area contributed by atoms with Gasteiger partial charge in [-0.25, -0.2) is 0 Å². The van der Waals surface area contributed by atoms with E-state index in [9.17, 15) is 4.79 Å². The number of benzene rings is 1. The predicted octanol–water partition coefficient (Wildman–Crippen LogP) is 2.00. The van der Waals surface area contributed by atoms with Crippen molar-refractivity contribution in [3.8, 4) is 0 Å². The average Bonchev–Trinajstić information content (AvgIpc) is 2.22. The Hall–Kier alpha value is -0.140. The first-order valence-electron chi connectivity index (χ1n) is 4.53. The summed E-state index contributed by atoms with van der Waals surface area (Å²) in [5, 5.41) is 5.82. The molecule has 0 heterocycles. The zero-order valence-corrected chi connectivity index (χ0v) is 12.1. The Morgan fingerprint density at radius 3 is 2.87 bits per heavy atom. The van der Waals surface area contributed by atoms with Crippen LogP contribution >= 0.6 is 38.5 Å². The number of likely N-dealkylation sites (N-methyl/N-ethyl adjacent to an activating group) is 1. The molecule has 2 N–H and O–H groups in total. The molecule has 0 aliphatic carbocycles. The number of carbonyl (C=O) groups is 1. The zero-order chi connectivity index (χ0) is 11.3. The SMILES string of the molecule is CNCCNC(=O)c1cccc(Br)c1I. The maximum Gasteiger partial charge on any atom is 0.252 e. The molecule has 0 unspecified atom stereocenters. The highest BCUT2D eigenvalue weighted by molar-refractivity contribution is 14.1. The van der Waals surface area contributed by atoms with Crippen molar-refractivity contribution in [2.45, 2.75) is 0 Å². The van der Waals surface area contributed by atoms with Gasteiger partial charge in [0.2, 0.25) is 0 Å². The maximum absolute atomic E-state index is 11.7. The molecule has 0 aromatic heterocycles. The van der Waals surface area contributed by atoms with E-state index in [0.717, 1.165) is 14.6 Å². The van der Waals surface area contributed by atoms with Crippen molar-refractivity contribution in [1.82, 2.24) is 10.6 Å². The van der Waals surface area contributed by atoms with Gasteiger partial charge in [-0.05, 0) is 57.7 Å². The Morgan fingerprint density at radius 2 is 2.20 bits per heavy atom. The van der Waals surface area contributed by atoms with Crippen LogP contribution in [0.15, 0.2) is 22.7 Å². The van der Waals surface area contributed by atoms with Crippen LogP contribution in [-0.4, -0.2) is 26.0 Å². The number of hydrogen-bond acceptors (Lipinski definition) is 2. The molecule has 1 rings (SSSR count). The molecule has 0 saturated heterocycles. The smallest absolute Gasteiger partial charge is 0.252 e. The van der Waals surface area contributed by atoms with Gasteiger partial charge in [0, 0.05) is 21.1 Å². The molecule has 0 atom stereocenters. The number of carbonyl (C=O) groups excluding carboxylic acids is 1. The molecule has 0 spiro atoms. The first kappa shape index (κ1) is 12.9. The van der Waals surface area contributed by atoms with E-state index >= 15 is 0 Å². The van der Waals surface area contributed by atoms with Crippen molar-refractivity contribution in [3.63, 3.8) is 0 Å². The fraction of sp³-hybridized carbons (Fsp3) is 0.300. The first-order chi connectivity index (χ1) is 7.16. The maximum atomic E-state index is 11.7. The third-order valence-electron chi connectivity index (χ3n) is 1.86. The van der Waals surface area contributed by atoms with Crippen LogP contribution in [0, 0.1) is 3.57 Å². The zero-order valence-electron chi connectivity index (χ0n) is 8.31. The second-order valence-electron chi connectivity index (χ2n) is 2.96. The highest BCUT2D eigenvalue weighted by Gasteiger charge is 2.10. The third kappa shape index (κ3) is 3.73. The van der Waals surface area contributed by atoms with Gasteiger partial charge >= 0.3 is 0 Å². The lowest BCUT2D eigenvalue weighted by Crippen LogP contribution is -2.30. The second kappa shape index (κ2) is 6.44. The standard InChI is InChI=1S/C10H12BrIN2O/c1-13-5-6-14-10(15)7-3-2-4-8(11)9(7)12/h2-4,13H,5-6H2,1H3,(H,14,15). The van der Waals surface area contributed by atoms with E-state index in [4.69, 9.17) is 0 Å². The van der Waals surface area contributed by atoms with Crippen LogP contribution in [0.2, 0.25) is 0 Å². The number of rotatable bonds is 4. The highest BCUT2D eigenvalue weighted by atomic mass is 127. The Bertz CT molecular complexity index is 357. The van der Waals surface area contributed by atoms with Gasteiger partial charge in [-0.2, -0.15) is 0 Å². The van der Waals surface area contributed by atoms with Crippen LogP contribution in [0.4, 0.5) is 0 Å². The summed E-state index contributed by atoms with van der Waals surface area (Å²) in [7, 11) is 1.86. The minimum atomic E-state index is -0.0315. The Morgan fingerprint density at radius 1 is 1.47 bits per heavy atom.